The third-order valence-corrected chi connectivity index (χ3v) is 5.26. The number of nitrogens with zero attached hydrogens (tertiary/aromatic N) is 2. The standard InChI is InChI=1S/C17H20N2O3S/c1-3-22-16(21)8-9-19-15(20)11-23-17(19)13-10-18(2)14-7-5-4-6-12(13)14/h4-7,10,17H,3,8-9,11H2,1-2H3. The van der Waals surface area contributed by atoms with Gasteiger partial charge in [-0.25, -0.2) is 0 Å². The predicted octanol–water partition coefficient (Wildman–Crippen LogP) is 2.71. The molecule has 2 heterocycles. The predicted molar refractivity (Wildman–Crippen MR) is 91.1 cm³/mol. The summed E-state index contributed by atoms with van der Waals surface area (Å²) in [6, 6.07) is 8.18. The second kappa shape index (κ2) is 6.66. The van der Waals surface area contributed by atoms with Gasteiger partial charge in [0, 0.05) is 36.3 Å². The van der Waals surface area contributed by atoms with E-state index >= 15 is 0 Å². The summed E-state index contributed by atoms with van der Waals surface area (Å²) in [6.45, 7) is 2.56. The monoisotopic (exact) mass is 332 g/mol. The topological polar surface area (TPSA) is 51.5 Å². The van der Waals surface area contributed by atoms with Crippen molar-refractivity contribution in [1.29, 1.82) is 0 Å². The van der Waals surface area contributed by atoms with Crippen molar-refractivity contribution in [2.75, 3.05) is 18.9 Å². The first-order valence-corrected chi connectivity index (χ1v) is 8.77. The third kappa shape index (κ3) is 3.08. The first-order chi connectivity index (χ1) is 11.1. The Morgan fingerprint density at radius 3 is 2.96 bits per heavy atom. The minimum absolute atomic E-state index is 0.0389. The maximum atomic E-state index is 12.2. The summed E-state index contributed by atoms with van der Waals surface area (Å²) in [5.41, 5.74) is 2.27. The molecular weight excluding hydrogens is 312 g/mol. The van der Waals surface area contributed by atoms with Crippen molar-refractivity contribution < 1.29 is 14.3 Å². The van der Waals surface area contributed by atoms with Gasteiger partial charge in [0.25, 0.3) is 0 Å². The number of thioether (sulfide) groups is 1. The first-order valence-electron chi connectivity index (χ1n) is 7.72. The second-order valence-corrected chi connectivity index (χ2v) is 6.59. The van der Waals surface area contributed by atoms with E-state index in [1.54, 1.807) is 23.6 Å². The van der Waals surface area contributed by atoms with Gasteiger partial charge in [0.2, 0.25) is 5.91 Å². The van der Waals surface area contributed by atoms with E-state index in [-0.39, 0.29) is 23.7 Å². The number of rotatable bonds is 5. The highest BCUT2D eigenvalue weighted by Gasteiger charge is 2.34. The zero-order valence-corrected chi connectivity index (χ0v) is 14.1. The molecule has 3 rings (SSSR count). The molecule has 1 aromatic heterocycles. The molecule has 0 radical (unpaired) electrons. The van der Waals surface area contributed by atoms with E-state index in [0.717, 1.165) is 16.5 Å². The summed E-state index contributed by atoms with van der Waals surface area (Å²) in [5.74, 6) is 0.280. The van der Waals surface area contributed by atoms with Crippen LogP contribution in [0.15, 0.2) is 30.5 Å². The van der Waals surface area contributed by atoms with Crippen molar-refractivity contribution >= 4 is 34.5 Å². The summed E-state index contributed by atoms with van der Waals surface area (Å²) in [4.78, 5) is 25.6. The molecule has 122 valence electrons. The largest absolute Gasteiger partial charge is 0.466 e. The number of esters is 1. The Kier molecular flexibility index (Phi) is 4.61. The number of benzene rings is 1. The summed E-state index contributed by atoms with van der Waals surface area (Å²) >= 11 is 1.62. The van der Waals surface area contributed by atoms with Gasteiger partial charge in [0.1, 0.15) is 5.37 Å². The van der Waals surface area contributed by atoms with Gasteiger partial charge < -0.3 is 14.2 Å². The number of aryl methyl sites for hydroxylation is 1. The normalized spacial score (nSPS) is 17.9. The molecule has 0 bridgehead atoms. The van der Waals surface area contributed by atoms with Gasteiger partial charge in [-0.1, -0.05) is 18.2 Å². The molecule has 0 N–H and O–H groups in total. The number of aromatic nitrogens is 1. The van der Waals surface area contributed by atoms with Gasteiger partial charge in [0.05, 0.1) is 18.8 Å². The van der Waals surface area contributed by atoms with Crippen LogP contribution in [-0.4, -0.2) is 40.2 Å². The summed E-state index contributed by atoms with van der Waals surface area (Å²) in [7, 11) is 2.01. The highest BCUT2D eigenvalue weighted by molar-refractivity contribution is 8.00. The molecule has 0 spiro atoms. The Morgan fingerprint density at radius 1 is 1.39 bits per heavy atom. The Hall–Kier alpha value is -1.95. The van der Waals surface area contributed by atoms with E-state index in [2.05, 4.69) is 22.9 Å². The molecule has 1 fully saturated rings. The average Bonchev–Trinajstić information content (AvgIpc) is 3.07. The lowest BCUT2D eigenvalue weighted by Gasteiger charge is -2.23. The van der Waals surface area contributed by atoms with E-state index in [9.17, 15) is 9.59 Å². The zero-order chi connectivity index (χ0) is 16.4. The van der Waals surface area contributed by atoms with Crippen LogP contribution in [0, 0.1) is 0 Å². The molecule has 1 aliphatic rings. The van der Waals surface area contributed by atoms with Crippen molar-refractivity contribution in [2.45, 2.75) is 18.7 Å². The van der Waals surface area contributed by atoms with Crippen molar-refractivity contribution in [3.05, 3.63) is 36.0 Å². The molecule has 1 unspecified atom stereocenters. The summed E-state index contributed by atoms with van der Waals surface area (Å²) < 4.78 is 7.05. The lowest BCUT2D eigenvalue weighted by molar-refractivity contribution is -0.143. The van der Waals surface area contributed by atoms with Crippen LogP contribution in [0.25, 0.3) is 10.9 Å². The van der Waals surface area contributed by atoms with Gasteiger partial charge >= 0.3 is 5.97 Å². The highest BCUT2D eigenvalue weighted by Crippen LogP contribution is 2.42. The molecule has 1 aliphatic heterocycles. The highest BCUT2D eigenvalue weighted by atomic mass is 32.2. The van der Waals surface area contributed by atoms with Crippen LogP contribution in [0.1, 0.15) is 24.3 Å². The van der Waals surface area contributed by atoms with E-state index < -0.39 is 0 Å². The quantitative estimate of drug-likeness (QED) is 0.790. The molecule has 2 aromatic rings. The molecule has 0 saturated carbocycles. The van der Waals surface area contributed by atoms with Gasteiger partial charge in [-0.3, -0.25) is 9.59 Å². The van der Waals surface area contributed by atoms with E-state index in [1.165, 1.54) is 0 Å². The molecule has 1 atom stereocenters. The van der Waals surface area contributed by atoms with Crippen LogP contribution in [0.3, 0.4) is 0 Å². The molecule has 23 heavy (non-hydrogen) atoms. The number of amides is 1. The van der Waals surface area contributed by atoms with Crippen molar-refractivity contribution in [3.63, 3.8) is 0 Å². The van der Waals surface area contributed by atoms with Gasteiger partial charge in [-0.05, 0) is 13.0 Å². The van der Waals surface area contributed by atoms with Gasteiger partial charge in [-0.2, -0.15) is 0 Å². The number of fused-ring (bicyclic) bond motifs is 1. The van der Waals surface area contributed by atoms with E-state index in [1.807, 2.05) is 19.2 Å². The molecule has 1 amide bonds. The smallest absolute Gasteiger partial charge is 0.307 e. The zero-order valence-electron chi connectivity index (χ0n) is 13.3. The number of para-hydroxylation sites is 1. The third-order valence-electron chi connectivity index (χ3n) is 4.02. The minimum Gasteiger partial charge on any atom is -0.466 e. The maximum Gasteiger partial charge on any atom is 0.307 e. The Labute approximate surface area is 139 Å². The van der Waals surface area contributed by atoms with Crippen LogP contribution in [0.4, 0.5) is 0 Å². The van der Waals surface area contributed by atoms with Crippen LogP contribution in [0.5, 0.6) is 0 Å². The number of carbonyl (C=O) groups is 2. The van der Waals surface area contributed by atoms with Gasteiger partial charge in [-0.15, -0.1) is 11.8 Å². The van der Waals surface area contributed by atoms with E-state index in [4.69, 9.17) is 4.74 Å². The fourth-order valence-electron chi connectivity index (χ4n) is 2.97. The minimum atomic E-state index is -0.256. The first kappa shape index (κ1) is 15.9. The van der Waals surface area contributed by atoms with Crippen LogP contribution in [-0.2, 0) is 21.4 Å². The number of ether oxygens (including phenoxy) is 1. The number of carbonyl (C=O) groups excluding carboxylic acids is 2. The lowest BCUT2D eigenvalue weighted by atomic mass is 10.1. The lowest BCUT2D eigenvalue weighted by Crippen LogP contribution is -2.30. The summed E-state index contributed by atoms with van der Waals surface area (Å²) in [5, 5.41) is 1.12. The summed E-state index contributed by atoms with van der Waals surface area (Å²) in [6.07, 6.45) is 2.32. The Balaban J connectivity index is 1.85. The Bertz CT molecular complexity index is 741. The fourth-order valence-corrected chi connectivity index (χ4v) is 4.20. The van der Waals surface area contributed by atoms with E-state index in [0.29, 0.717) is 18.9 Å². The number of hydrogen-bond acceptors (Lipinski definition) is 4. The average molecular weight is 332 g/mol. The van der Waals surface area contributed by atoms with Gasteiger partial charge in [0.15, 0.2) is 0 Å². The molecule has 1 saturated heterocycles. The Morgan fingerprint density at radius 2 is 2.17 bits per heavy atom. The van der Waals surface area contributed by atoms with Crippen molar-refractivity contribution in [1.82, 2.24) is 9.47 Å². The van der Waals surface area contributed by atoms with Crippen LogP contribution >= 0.6 is 11.8 Å². The fraction of sp³-hybridized carbons (Fsp3) is 0.412. The van der Waals surface area contributed by atoms with Crippen molar-refractivity contribution in [3.8, 4) is 0 Å². The SMILES string of the molecule is CCOC(=O)CCN1C(=O)CSC1c1cn(C)c2ccccc12. The van der Waals surface area contributed by atoms with Crippen molar-refractivity contribution in [2.24, 2.45) is 7.05 Å². The van der Waals surface area contributed by atoms with Crippen LogP contribution in [0.2, 0.25) is 0 Å². The second-order valence-electron chi connectivity index (χ2n) is 5.52. The maximum absolute atomic E-state index is 12.2. The molecule has 5 nitrogen and oxygen atoms in total. The molecule has 1 aromatic carbocycles. The molecule has 6 heteroatoms. The number of hydrogen-bond donors (Lipinski definition) is 0. The molecular formula is C17H20N2O3S. The van der Waals surface area contributed by atoms with Crippen LogP contribution < -0.4 is 0 Å². The molecule has 0 aliphatic carbocycles.